The second-order valence-electron chi connectivity index (χ2n) is 3.87. The summed E-state index contributed by atoms with van der Waals surface area (Å²) in [7, 11) is 1.88. The van der Waals surface area contributed by atoms with Crippen LogP contribution in [0.3, 0.4) is 0 Å². The minimum absolute atomic E-state index is 0.241. The van der Waals surface area contributed by atoms with Gasteiger partial charge >= 0.3 is 0 Å². The van der Waals surface area contributed by atoms with E-state index in [1.54, 1.807) is 16.0 Å². The first-order chi connectivity index (χ1) is 7.65. The summed E-state index contributed by atoms with van der Waals surface area (Å²) in [6.07, 6.45) is 0.997. The molecule has 0 aliphatic carbocycles. The lowest BCUT2D eigenvalue weighted by molar-refractivity contribution is -0.117. The Labute approximate surface area is 98.7 Å². The van der Waals surface area contributed by atoms with Crippen LogP contribution in [0.15, 0.2) is 23.6 Å². The number of nitrogens with zero attached hydrogens (tertiary/aromatic N) is 2. The second-order valence-corrected chi connectivity index (χ2v) is 4.90. The van der Waals surface area contributed by atoms with E-state index >= 15 is 0 Å². The topological polar surface area (TPSA) is 34.9 Å². The van der Waals surface area contributed by atoms with Gasteiger partial charge in [-0.3, -0.25) is 9.48 Å². The summed E-state index contributed by atoms with van der Waals surface area (Å²) in [6, 6.07) is 5.94. The van der Waals surface area contributed by atoms with Crippen molar-refractivity contribution >= 4 is 17.1 Å². The zero-order chi connectivity index (χ0) is 11.5. The highest BCUT2D eigenvalue weighted by atomic mass is 32.1. The number of hydrogen-bond acceptors (Lipinski definition) is 3. The van der Waals surface area contributed by atoms with Crippen molar-refractivity contribution < 1.29 is 4.79 Å². The summed E-state index contributed by atoms with van der Waals surface area (Å²) < 4.78 is 1.78. The Hall–Kier alpha value is -1.42. The van der Waals surface area contributed by atoms with E-state index < -0.39 is 0 Å². The summed E-state index contributed by atoms with van der Waals surface area (Å²) >= 11 is 1.63. The van der Waals surface area contributed by atoms with Crippen LogP contribution in [0.1, 0.15) is 16.3 Å². The molecule has 0 N–H and O–H groups in total. The van der Waals surface area contributed by atoms with Crippen molar-refractivity contribution in [1.82, 2.24) is 9.78 Å². The zero-order valence-electron chi connectivity index (χ0n) is 9.43. The van der Waals surface area contributed by atoms with E-state index in [0.29, 0.717) is 12.8 Å². The summed E-state index contributed by atoms with van der Waals surface area (Å²) in [5.74, 6) is 0.241. The first-order valence-electron chi connectivity index (χ1n) is 5.19. The molecule has 0 saturated heterocycles. The number of thiophene rings is 1. The average molecular weight is 234 g/mol. The van der Waals surface area contributed by atoms with Crippen molar-refractivity contribution in [2.45, 2.75) is 19.8 Å². The first-order valence-corrected chi connectivity index (χ1v) is 6.06. The number of aryl methyl sites for hydroxylation is 2. The Bertz CT molecular complexity index is 485. The van der Waals surface area contributed by atoms with Gasteiger partial charge in [0.2, 0.25) is 0 Å². The SMILES string of the molecule is Cc1cc(CC(=O)Cc2cccs2)n(C)n1. The van der Waals surface area contributed by atoms with Crippen molar-refractivity contribution in [3.63, 3.8) is 0 Å². The van der Waals surface area contributed by atoms with Gasteiger partial charge in [-0.2, -0.15) is 5.10 Å². The molecule has 2 aromatic heterocycles. The molecule has 0 fully saturated rings. The quantitative estimate of drug-likeness (QED) is 0.812. The molecule has 2 aromatic rings. The number of carbonyl (C=O) groups excluding carboxylic acids is 1. The van der Waals surface area contributed by atoms with Gasteiger partial charge in [-0.25, -0.2) is 0 Å². The van der Waals surface area contributed by atoms with Crippen LogP contribution >= 0.6 is 11.3 Å². The molecule has 0 spiro atoms. The van der Waals surface area contributed by atoms with Crippen molar-refractivity contribution in [2.24, 2.45) is 7.05 Å². The highest BCUT2D eigenvalue weighted by Gasteiger charge is 2.09. The number of ketones is 1. The van der Waals surface area contributed by atoms with E-state index in [2.05, 4.69) is 5.10 Å². The van der Waals surface area contributed by atoms with E-state index in [9.17, 15) is 4.79 Å². The minimum atomic E-state index is 0.241. The van der Waals surface area contributed by atoms with Gasteiger partial charge in [0.1, 0.15) is 5.78 Å². The van der Waals surface area contributed by atoms with Gasteiger partial charge in [0.25, 0.3) is 0 Å². The maximum Gasteiger partial charge on any atom is 0.144 e. The van der Waals surface area contributed by atoms with Crippen LogP contribution in [-0.2, 0) is 24.7 Å². The molecule has 0 unspecified atom stereocenters. The fourth-order valence-corrected chi connectivity index (χ4v) is 2.44. The maximum absolute atomic E-state index is 11.8. The van der Waals surface area contributed by atoms with Gasteiger partial charge in [0.15, 0.2) is 0 Å². The van der Waals surface area contributed by atoms with Crippen molar-refractivity contribution in [3.05, 3.63) is 39.8 Å². The standard InChI is InChI=1S/C12H14N2OS/c1-9-6-10(14(2)13-9)7-11(15)8-12-4-3-5-16-12/h3-6H,7-8H2,1-2H3. The molecule has 4 heteroatoms. The van der Waals surface area contributed by atoms with Gasteiger partial charge < -0.3 is 0 Å². The maximum atomic E-state index is 11.8. The third-order valence-electron chi connectivity index (χ3n) is 2.43. The molecule has 0 amide bonds. The smallest absolute Gasteiger partial charge is 0.144 e. The number of Topliss-reactive ketones (excluding diaryl/α,β-unsaturated/α-hetero) is 1. The molecular weight excluding hydrogens is 220 g/mol. The van der Waals surface area contributed by atoms with Crippen LogP contribution in [0.4, 0.5) is 0 Å². The van der Waals surface area contributed by atoms with E-state index in [1.165, 1.54) is 0 Å². The monoisotopic (exact) mass is 234 g/mol. The Morgan fingerprint density at radius 2 is 2.31 bits per heavy atom. The van der Waals surface area contributed by atoms with Gasteiger partial charge in [-0.15, -0.1) is 11.3 Å². The predicted octanol–water partition coefficient (Wildman–Crippen LogP) is 2.14. The molecule has 0 aliphatic heterocycles. The van der Waals surface area contributed by atoms with E-state index in [4.69, 9.17) is 0 Å². The Balaban J connectivity index is 2.00. The van der Waals surface area contributed by atoms with E-state index in [0.717, 1.165) is 16.3 Å². The molecule has 84 valence electrons. The number of rotatable bonds is 4. The molecule has 2 rings (SSSR count). The van der Waals surface area contributed by atoms with Crippen LogP contribution < -0.4 is 0 Å². The molecule has 3 nitrogen and oxygen atoms in total. The average Bonchev–Trinajstić information content (AvgIpc) is 2.78. The summed E-state index contributed by atoms with van der Waals surface area (Å²) in [5, 5.41) is 6.23. The third-order valence-corrected chi connectivity index (χ3v) is 3.31. The van der Waals surface area contributed by atoms with Crippen molar-refractivity contribution in [3.8, 4) is 0 Å². The van der Waals surface area contributed by atoms with Crippen LogP contribution in [0.2, 0.25) is 0 Å². The highest BCUT2D eigenvalue weighted by molar-refractivity contribution is 7.10. The molecule has 0 aromatic carbocycles. The predicted molar refractivity (Wildman–Crippen MR) is 64.7 cm³/mol. The zero-order valence-corrected chi connectivity index (χ0v) is 10.3. The Morgan fingerprint density at radius 3 is 2.88 bits per heavy atom. The molecule has 0 radical (unpaired) electrons. The van der Waals surface area contributed by atoms with Gasteiger partial charge in [0.05, 0.1) is 5.69 Å². The Morgan fingerprint density at radius 1 is 1.50 bits per heavy atom. The fraction of sp³-hybridized carbons (Fsp3) is 0.333. The lowest BCUT2D eigenvalue weighted by atomic mass is 10.1. The Kier molecular flexibility index (Phi) is 3.19. The van der Waals surface area contributed by atoms with E-state index in [1.807, 2.05) is 37.6 Å². The summed E-state index contributed by atoms with van der Waals surface area (Å²) in [4.78, 5) is 12.9. The molecule has 2 heterocycles. The number of carbonyl (C=O) groups is 1. The van der Waals surface area contributed by atoms with Crippen LogP contribution in [-0.4, -0.2) is 15.6 Å². The number of hydrogen-bond donors (Lipinski definition) is 0. The third kappa shape index (κ3) is 2.58. The number of aromatic nitrogens is 2. The molecule has 16 heavy (non-hydrogen) atoms. The van der Waals surface area contributed by atoms with Crippen molar-refractivity contribution in [1.29, 1.82) is 0 Å². The lowest BCUT2D eigenvalue weighted by Crippen LogP contribution is -2.09. The van der Waals surface area contributed by atoms with Crippen LogP contribution in [0.25, 0.3) is 0 Å². The van der Waals surface area contributed by atoms with Crippen molar-refractivity contribution in [2.75, 3.05) is 0 Å². The van der Waals surface area contributed by atoms with Crippen LogP contribution in [0, 0.1) is 6.92 Å². The lowest BCUT2D eigenvalue weighted by Gasteiger charge is -2.00. The fourth-order valence-electron chi connectivity index (χ4n) is 1.70. The molecule has 0 atom stereocenters. The summed E-state index contributed by atoms with van der Waals surface area (Å²) in [5.41, 5.74) is 1.94. The molecule has 0 bridgehead atoms. The second kappa shape index (κ2) is 4.61. The molecule has 0 saturated carbocycles. The van der Waals surface area contributed by atoms with Gasteiger partial charge in [-0.05, 0) is 24.4 Å². The molecular formula is C12H14N2OS. The summed E-state index contributed by atoms with van der Waals surface area (Å²) in [6.45, 7) is 1.94. The first kappa shape index (κ1) is 11.1. The van der Waals surface area contributed by atoms with Gasteiger partial charge in [-0.1, -0.05) is 6.07 Å². The minimum Gasteiger partial charge on any atom is -0.299 e. The van der Waals surface area contributed by atoms with Crippen LogP contribution in [0.5, 0.6) is 0 Å². The van der Waals surface area contributed by atoms with E-state index in [-0.39, 0.29) is 5.78 Å². The molecule has 0 aliphatic rings. The normalized spacial score (nSPS) is 10.6. The highest BCUT2D eigenvalue weighted by Crippen LogP contribution is 2.11. The largest absolute Gasteiger partial charge is 0.299 e. The van der Waals surface area contributed by atoms with Gasteiger partial charge in [0, 0.05) is 30.5 Å².